The van der Waals surface area contributed by atoms with E-state index in [1.165, 1.54) is 0 Å². The molecule has 0 heterocycles. The van der Waals surface area contributed by atoms with E-state index in [4.69, 9.17) is 11.7 Å². The second-order valence-electron chi connectivity index (χ2n) is 5.25. The highest BCUT2D eigenvalue weighted by atomic mass is 16.5. The van der Waals surface area contributed by atoms with Crippen molar-refractivity contribution in [1.29, 1.82) is 0 Å². The average molecular weight is 294 g/mol. The third-order valence-electron chi connectivity index (χ3n) is 3.26. The Bertz CT molecular complexity index is 215. The highest BCUT2D eigenvalue weighted by molar-refractivity contribution is 4.59. The summed E-state index contributed by atoms with van der Waals surface area (Å²) in [6, 6.07) is 0. The minimum Gasteiger partial charge on any atom is -0.353 e. The predicted molar refractivity (Wildman–Crippen MR) is 75.2 cm³/mol. The maximum absolute atomic E-state index is 9.17. The zero-order chi connectivity index (χ0) is 15.5. The summed E-state index contributed by atoms with van der Waals surface area (Å²) in [4.78, 5) is 0. The maximum atomic E-state index is 9.17. The van der Waals surface area contributed by atoms with Crippen LogP contribution in [0.1, 0.15) is 64.2 Å². The normalized spacial score (nSPS) is 12.9. The molecule has 0 spiro atoms. The van der Waals surface area contributed by atoms with Crippen molar-refractivity contribution < 1.29 is 20.4 Å². The number of hydrogen-bond acceptors (Lipinski definition) is 8. The monoisotopic (exact) mass is 294 g/mol. The molecule has 0 amide bonds. The number of nitrogens with two attached hydrogens (primary N) is 2. The van der Waals surface area contributed by atoms with Crippen molar-refractivity contribution in [2.75, 3.05) is 0 Å². The molecule has 20 heavy (non-hydrogen) atoms. The smallest absolute Gasteiger partial charge is 0.234 e. The minimum atomic E-state index is -1.96. The van der Waals surface area contributed by atoms with Gasteiger partial charge in [0.2, 0.25) is 11.8 Å². The highest BCUT2D eigenvalue weighted by Gasteiger charge is 2.19. The molecule has 0 saturated carbocycles. The summed E-state index contributed by atoms with van der Waals surface area (Å²) in [7, 11) is 0. The average Bonchev–Trinajstić information content (AvgIpc) is 2.41. The second kappa shape index (κ2) is 10.4. The SMILES string of the molecule is NNC(O)(O)CCCCCCCCCCC(O)(O)NN. The van der Waals surface area contributed by atoms with Gasteiger partial charge < -0.3 is 20.4 Å². The molecule has 8 heteroatoms. The molecule has 0 aromatic carbocycles. The number of hydrogen-bond donors (Lipinski definition) is 8. The van der Waals surface area contributed by atoms with Crippen molar-refractivity contribution >= 4 is 0 Å². The van der Waals surface area contributed by atoms with Gasteiger partial charge in [0.15, 0.2) is 0 Å². The molecule has 0 aliphatic carbocycles. The van der Waals surface area contributed by atoms with Crippen molar-refractivity contribution in [2.45, 2.75) is 76.0 Å². The Morgan fingerprint density at radius 3 is 1.05 bits per heavy atom. The van der Waals surface area contributed by atoms with Crippen molar-refractivity contribution in [2.24, 2.45) is 11.7 Å². The van der Waals surface area contributed by atoms with E-state index in [9.17, 15) is 20.4 Å². The van der Waals surface area contributed by atoms with Crippen LogP contribution in [0.5, 0.6) is 0 Å². The summed E-state index contributed by atoms with van der Waals surface area (Å²) >= 11 is 0. The molecule has 122 valence electrons. The fraction of sp³-hybridized carbons (Fsp3) is 1.00. The molecule has 0 aliphatic rings. The van der Waals surface area contributed by atoms with Gasteiger partial charge in [-0.2, -0.15) is 0 Å². The van der Waals surface area contributed by atoms with Crippen LogP contribution in [0, 0.1) is 0 Å². The molecule has 0 bridgehead atoms. The Hall–Kier alpha value is -0.320. The minimum absolute atomic E-state index is 0.213. The van der Waals surface area contributed by atoms with Gasteiger partial charge in [-0.3, -0.25) is 11.7 Å². The Kier molecular flexibility index (Phi) is 10.2. The van der Waals surface area contributed by atoms with Crippen LogP contribution in [0.15, 0.2) is 0 Å². The summed E-state index contributed by atoms with van der Waals surface area (Å²) in [5.74, 6) is 6.00. The quantitative estimate of drug-likeness (QED) is 0.0938. The lowest BCUT2D eigenvalue weighted by Gasteiger charge is -2.19. The van der Waals surface area contributed by atoms with Crippen molar-refractivity contribution in [3.05, 3.63) is 0 Å². The van der Waals surface area contributed by atoms with Crippen LogP contribution in [0.3, 0.4) is 0 Å². The highest BCUT2D eigenvalue weighted by Crippen LogP contribution is 2.14. The van der Waals surface area contributed by atoms with Gasteiger partial charge in [0.1, 0.15) is 0 Å². The molecule has 0 unspecified atom stereocenters. The van der Waals surface area contributed by atoms with E-state index in [0.717, 1.165) is 38.5 Å². The van der Waals surface area contributed by atoms with Crippen molar-refractivity contribution in [1.82, 2.24) is 10.9 Å². The van der Waals surface area contributed by atoms with Crippen LogP contribution in [0.4, 0.5) is 0 Å². The van der Waals surface area contributed by atoms with Crippen LogP contribution < -0.4 is 22.5 Å². The lowest BCUT2D eigenvalue weighted by atomic mass is 10.1. The number of hydrazine groups is 2. The number of aliphatic hydroxyl groups is 4. The van der Waals surface area contributed by atoms with Gasteiger partial charge in [-0.05, 0) is 12.8 Å². The fourth-order valence-corrected chi connectivity index (χ4v) is 1.95. The van der Waals surface area contributed by atoms with Gasteiger partial charge >= 0.3 is 0 Å². The largest absolute Gasteiger partial charge is 0.353 e. The van der Waals surface area contributed by atoms with E-state index in [-0.39, 0.29) is 12.8 Å². The van der Waals surface area contributed by atoms with E-state index < -0.39 is 11.8 Å². The summed E-state index contributed by atoms with van der Waals surface area (Å²) in [6.45, 7) is 0. The standard InChI is InChI=1S/C12H30N4O4/c13-15-11(17,18)9-7-5-3-1-2-4-6-8-10-12(19,20)16-14/h15-20H,1-10,13-14H2. The van der Waals surface area contributed by atoms with Crippen LogP contribution in [0.2, 0.25) is 0 Å². The first-order chi connectivity index (χ1) is 9.33. The first-order valence-electron chi connectivity index (χ1n) is 7.18. The Balaban J connectivity index is 3.26. The molecule has 0 aromatic heterocycles. The molecule has 0 rings (SSSR count). The van der Waals surface area contributed by atoms with E-state index in [2.05, 4.69) is 0 Å². The van der Waals surface area contributed by atoms with E-state index >= 15 is 0 Å². The summed E-state index contributed by atoms with van der Waals surface area (Å²) in [5.41, 5.74) is 3.88. The van der Waals surface area contributed by atoms with Crippen LogP contribution in [0.25, 0.3) is 0 Å². The van der Waals surface area contributed by atoms with Gasteiger partial charge in [-0.25, -0.2) is 10.9 Å². The predicted octanol–water partition coefficient (Wildman–Crippen LogP) is -0.909. The van der Waals surface area contributed by atoms with E-state index in [0.29, 0.717) is 12.8 Å². The van der Waals surface area contributed by atoms with Gasteiger partial charge in [0.05, 0.1) is 0 Å². The first-order valence-corrected chi connectivity index (χ1v) is 7.18. The Labute approximate surface area is 120 Å². The molecule has 0 atom stereocenters. The molecule has 10 N–H and O–H groups in total. The van der Waals surface area contributed by atoms with Gasteiger partial charge in [0.25, 0.3) is 0 Å². The lowest BCUT2D eigenvalue weighted by molar-refractivity contribution is -0.192. The second-order valence-corrected chi connectivity index (χ2v) is 5.25. The zero-order valence-electron chi connectivity index (χ0n) is 12.0. The third-order valence-corrected chi connectivity index (χ3v) is 3.26. The van der Waals surface area contributed by atoms with Crippen LogP contribution >= 0.6 is 0 Å². The number of rotatable bonds is 13. The van der Waals surface area contributed by atoms with E-state index in [1.54, 1.807) is 0 Å². The summed E-state index contributed by atoms with van der Waals surface area (Å²) in [6.07, 6.45) is 7.93. The first kappa shape index (κ1) is 19.7. The maximum Gasteiger partial charge on any atom is 0.234 e. The molecule has 0 aliphatic heterocycles. The molecule has 0 fully saturated rings. The van der Waals surface area contributed by atoms with E-state index in [1.807, 2.05) is 10.9 Å². The fourth-order valence-electron chi connectivity index (χ4n) is 1.95. The van der Waals surface area contributed by atoms with Crippen LogP contribution in [-0.4, -0.2) is 32.2 Å². The lowest BCUT2D eigenvalue weighted by Crippen LogP contribution is -2.49. The molecule has 8 nitrogen and oxygen atoms in total. The number of nitrogens with one attached hydrogen (secondary N) is 2. The van der Waals surface area contributed by atoms with Crippen LogP contribution in [-0.2, 0) is 0 Å². The third kappa shape index (κ3) is 11.5. The summed E-state index contributed by atoms with van der Waals surface area (Å²) in [5, 5.41) is 36.7. The zero-order valence-corrected chi connectivity index (χ0v) is 12.0. The van der Waals surface area contributed by atoms with Crippen molar-refractivity contribution in [3.8, 4) is 0 Å². The Morgan fingerprint density at radius 2 is 0.800 bits per heavy atom. The molecular formula is C12H30N4O4. The van der Waals surface area contributed by atoms with Gasteiger partial charge in [0, 0.05) is 12.8 Å². The topological polar surface area (TPSA) is 157 Å². The Morgan fingerprint density at radius 1 is 0.550 bits per heavy atom. The van der Waals surface area contributed by atoms with Gasteiger partial charge in [-0.15, -0.1) is 0 Å². The molecular weight excluding hydrogens is 264 g/mol. The molecule has 0 saturated heterocycles. The number of unbranched alkanes of at least 4 members (excludes halogenated alkanes) is 7. The molecule has 0 aromatic rings. The molecule has 0 radical (unpaired) electrons. The van der Waals surface area contributed by atoms with Gasteiger partial charge in [-0.1, -0.05) is 38.5 Å². The van der Waals surface area contributed by atoms with Crippen molar-refractivity contribution in [3.63, 3.8) is 0 Å². The summed E-state index contributed by atoms with van der Waals surface area (Å²) < 4.78 is 0.